The number of rotatable bonds is 8. The molecule has 0 spiro atoms. The number of nitrogens with zero attached hydrogens (tertiary/aromatic N) is 3. The predicted molar refractivity (Wildman–Crippen MR) is 151 cm³/mol. The first kappa shape index (κ1) is 26.2. The smallest absolute Gasteiger partial charge is 0.269 e. The highest BCUT2D eigenvalue weighted by Crippen LogP contribution is 2.31. The van der Waals surface area contributed by atoms with Crippen LogP contribution in [-0.2, 0) is 6.54 Å². The van der Waals surface area contributed by atoms with Crippen LogP contribution in [-0.4, -0.2) is 37.7 Å². The summed E-state index contributed by atoms with van der Waals surface area (Å²) in [5, 5.41) is 7.60. The molecule has 6 heteroatoms. The Morgan fingerprint density at radius 2 is 1.67 bits per heavy atom. The maximum absolute atomic E-state index is 8.75. The molecule has 1 saturated heterocycles. The molecule has 3 aromatic carbocycles. The number of hydrogen-bond acceptors (Lipinski definition) is 4. The monoisotopic (exact) mass is 511 g/mol. The van der Waals surface area contributed by atoms with Gasteiger partial charge in [0.05, 0.1) is 5.02 Å². The molecule has 0 aliphatic carbocycles. The largest absolute Gasteiger partial charge is 0.338 e. The van der Waals surface area contributed by atoms with E-state index in [1.165, 1.54) is 55.1 Å². The lowest BCUT2D eigenvalue weighted by molar-refractivity contribution is 0.281. The van der Waals surface area contributed by atoms with Crippen molar-refractivity contribution in [1.29, 1.82) is 1.45 Å². The highest BCUT2D eigenvalue weighted by Gasteiger charge is 2.17. The molecule has 0 amide bonds. The van der Waals surface area contributed by atoms with Crippen LogP contribution < -0.4 is 4.90 Å². The molecule has 4 aromatic rings. The number of aromatic nitrogens is 1. The molecule has 192 valence electrons. The minimum Gasteiger partial charge on any atom is -0.338 e. The normalized spacial score (nSPS) is 14.2. The lowest BCUT2D eigenvalue weighted by Gasteiger charge is -2.25. The minimum atomic E-state index is 0. The number of fused-ring (bicyclic) bond motifs is 1. The Hall–Kier alpha value is -2.89. The summed E-state index contributed by atoms with van der Waals surface area (Å²) in [6.45, 7) is 5.26. The molecule has 2 heterocycles. The van der Waals surface area contributed by atoms with E-state index in [4.69, 9.17) is 20.8 Å². The van der Waals surface area contributed by atoms with Gasteiger partial charge < -0.3 is 14.3 Å². The SMILES string of the molecule is C.Clc1ccccc1-c1cc(N(CCCN2CCCCCC2)Cc2cccc3ccccc23)on1.[3H]F. The Labute approximate surface area is 220 Å². The van der Waals surface area contributed by atoms with Crippen molar-refractivity contribution >= 4 is 28.3 Å². The van der Waals surface area contributed by atoms with Gasteiger partial charge in [-0.25, -0.2) is 0 Å². The van der Waals surface area contributed by atoms with Gasteiger partial charge in [0.1, 0.15) is 5.69 Å². The van der Waals surface area contributed by atoms with Crippen molar-refractivity contribution in [2.75, 3.05) is 31.1 Å². The van der Waals surface area contributed by atoms with Crippen LogP contribution in [0.3, 0.4) is 0 Å². The van der Waals surface area contributed by atoms with Crippen LogP contribution in [0.15, 0.2) is 77.3 Å². The lowest BCUT2D eigenvalue weighted by Crippen LogP contribution is -2.30. The Morgan fingerprint density at radius 1 is 0.944 bits per heavy atom. The van der Waals surface area contributed by atoms with E-state index in [0.29, 0.717) is 5.02 Å². The van der Waals surface area contributed by atoms with Gasteiger partial charge in [0.2, 0.25) is 5.88 Å². The quantitative estimate of drug-likeness (QED) is 0.238. The van der Waals surface area contributed by atoms with Crippen LogP contribution >= 0.6 is 11.6 Å². The summed E-state index contributed by atoms with van der Waals surface area (Å²) in [5.74, 6) is 0.790. The first-order chi connectivity index (χ1) is 17.8. The minimum absolute atomic E-state index is 0. The van der Waals surface area contributed by atoms with E-state index in [0.717, 1.165) is 43.2 Å². The molecular weight excluding hydrogens is 473 g/mol. The lowest BCUT2D eigenvalue weighted by atomic mass is 10.0. The standard InChI is InChI=1S/C29H32ClN3O.CH4.FH/c30-27-16-6-5-15-26(27)28-21-29(34-31-28)33(20-10-19-32-17-7-1-2-8-18-32)22-24-13-9-12-23-11-3-4-14-25(23)24;;/h3-6,9,11-16,21H,1-2,7-8,10,17-20,22H2;1H4;1H/i/hT. The first-order valence-corrected chi connectivity index (χ1v) is 12.8. The fourth-order valence-corrected chi connectivity index (χ4v) is 5.19. The summed E-state index contributed by atoms with van der Waals surface area (Å²) < 4.78 is 18.9. The summed E-state index contributed by atoms with van der Waals surface area (Å²) in [6.07, 6.45) is 6.47. The number of hydrogen-bond donors (Lipinski definition) is 0. The van der Waals surface area contributed by atoms with Gasteiger partial charge in [-0.2, -0.15) is 0 Å². The number of benzene rings is 3. The van der Waals surface area contributed by atoms with Gasteiger partial charge in [-0.05, 0) is 61.3 Å². The molecule has 0 N–H and O–H groups in total. The summed E-state index contributed by atoms with van der Waals surface area (Å²) in [6, 6.07) is 24.9. The van der Waals surface area contributed by atoms with Crippen molar-refractivity contribution < 1.29 is 9.24 Å². The molecule has 1 aliphatic heterocycles. The van der Waals surface area contributed by atoms with Gasteiger partial charge in [0, 0.05) is 24.7 Å². The van der Waals surface area contributed by atoms with Crippen molar-refractivity contribution in [2.45, 2.75) is 46.1 Å². The summed E-state index contributed by atoms with van der Waals surface area (Å²) in [4.78, 5) is 4.95. The van der Waals surface area contributed by atoms with Crippen molar-refractivity contribution in [1.82, 2.24) is 10.1 Å². The molecule has 0 radical (unpaired) electrons. The Bertz CT molecular complexity index is 1220. The Balaban J connectivity index is 0.00000124. The maximum Gasteiger partial charge on any atom is 0.269 e. The Kier molecular flexibility index (Phi) is 9.76. The highest BCUT2D eigenvalue weighted by molar-refractivity contribution is 6.33. The molecule has 1 aliphatic rings. The van der Waals surface area contributed by atoms with Crippen LogP contribution in [0.4, 0.5) is 10.6 Å². The number of halogens is 2. The third-order valence-electron chi connectivity index (χ3n) is 6.80. The second-order valence-corrected chi connectivity index (χ2v) is 9.61. The third-order valence-corrected chi connectivity index (χ3v) is 7.13. The zero-order valence-corrected chi connectivity index (χ0v) is 20.8. The average molecular weight is 512 g/mol. The molecule has 0 saturated carbocycles. The van der Waals surface area contributed by atoms with E-state index in [1.54, 1.807) is 0 Å². The van der Waals surface area contributed by atoms with Gasteiger partial charge in [-0.15, -0.1) is 0 Å². The first-order valence-electron chi connectivity index (χ1n) is 12.8. The van der Waals surface area contributed by atoms with Crippen molar-refractivity contribution in [3.8, 4) is 11.3 Å². The zero-order chi connectivity index (χ0) is 25.2. The summed E-state index contributed by atoms with van der Waals surface area (Å²) in [5.41, 5.74) is 2.97. The van der Waals surface area contributed by atoms with Crippen LogP contribution in [0, 0.1) is 0 Å². The molecule has 36 heavy (non-hydrogen) atoms. The average Bonchev–Trinajstić information content (AvgIpc) is 3.26. The van der Waals surface area contributed by atoms with Crippen molar-refractivity contribution in [3.63, 3.8) is 0 Å². The summed E-state index contributed by atoms with van der Waals surface area (Å²) in [7, 11) is 0. The van der Waals surface area contributed by atoms with E-state index in [9.17, 15) is 0 Å². The number of likely N-dealkylation sites (tertiary alicyclic amines) is 1. The van der Waals surface area contributed by atoms with Crippen molar-refractivity contribution in [2.24, 2.45) is 0 Å². The van der Waals surface area contributed by atoms with Gasteiger partial charge in [0.25, 0.3) is 1.45 Å². The molecule has 4 nitrogen and oxygen atoms in total. The topological polar surface area (TPSA) is 32.5 Å². The van der Waals surface area contributed by atoms with E-state index < -0.39 is 0 Å². The molecular formula is C30H37ClFN3O. The molecule has 0 bridgehead atoms. The number of anilines is 1. The van der Waals surface area contributed by atoms with E-state index in [2.05, 4.69) is 58.9 Å². The van der Waals surface area contributed by atoms with Crippen LogP contribution in [0.2, 0.25) is 5.02 Å². The fourth-order valence-electron chi connectivity index (χ4n) is 4.96. The molecule has 0 atom stereocenters. The summed E-state index contributed by atoms with van der Waals surface area (Å²) >= 11 is 6.42. The maximum atomic E-state index is 8.75. The van der Waals surface area contributed by atoms with Gasteiger partial charge in [0.15, 0.2) is 0 Å². The Morgan fingerprint density at radius 3 is 2.47 bits per heavy atom. The second kappa shape index (κ2) is 13.4. The second-order valence-electron chi connectivity index (χ2n) is 9.20. The van der Waals surface area contributed by atoms with Gasteiger partial charge >= 0.3 is 0 Å². The third kappa shape index (κ3) is 6.65. The van der Waals surface area contributed by atoms with E-state index in [-0.39, 0.29) is 7.43 Å². The molecule has 5 rings (SSSR count). The zero-order valence-electron chi connectivity index (χ0n) is 21.0. The van der Waals surface area contributed by atoms with Crippen LogP contribution in [0.5, 0.6) is 0 Å². The highest BCUT2D eigenvalue weighted by atomic mass is 35.5. The van der Waals surface area contributed by atoms with Gasteiger partial charge in [-0.1, -0.05) is 97.7 Å². The van der Waals surface area contributed by atoms with E-state index >= 15 is 0 Å². The fraction of sp³-hybridized carbons (Fsp3) is 0.367. The molecule has 1 aromatic heterocycles. The van der Waals surface area contributed by atoms with Crippen molar-refractivity contribution in [3.05, 3.63) is 83.4 Å². The predicted octanol–water partition coefficient (Wildman–Crippen LogP) is 8.21. The van der Waals surface area contributed by atoms with E-state index in [1.807, 2.05) is 30.3 Å². The van der Waals surface area contributed by atoms with Crippen LogP contribution in [0.25, 0.3) is 22.0 Å². The molecule has 1 fully saturated rings. The van der Waals surface area contributed by atoms with Crippen LogP contribution in [0.1, 0.15) is 45.1 Å². The molecule has 0 unspecified atom stereocenters. The van der Waals surface area contributed by atoms with Gasteiger partial charge in [-0.3, -0.25) is 4.72 Å².